The SMILES string of the molecule is CNC1CCCCC1Oc1ccccc1Cl. The van der Waals surface area contributed by atoms with E-state index in [1.54, 1.807) is 0 Å². The Labute approximate surface area is 102 Å². The Morgan fingerprint density at radius 2 is 2.00 bits per heavy atom. The lowest BCUT2D eigenvalue weighted by atomic mass is 9.92. The predicted molar refractivity (Wildman–Crippen MR) is 67.2 cm³/mol. The summed E-state index contributed by atoms with van der Waals surface area (Å²) in [5, 5.41) is 4.02. The second-order valence-electron chi connectivity index (χ2n) is 4.27. The lowest BCUT2D eigenvalue weighted by Crippen LogP contribution is -2.43. The van der Waals surface area contributed by atoms with E-state index in [4.69, 9.17) is 16.3 Å². The fourth-order valence-electron chi connectivity index (χ4n) is 2.27. The Hall–Kier alpha value is -0.730. The number of nitrogens with one attached hydrogen (secondary N) is 1. The van der Waals surface area contributed by atoms with Gasteiger partial charge in [0.15, 0.2) is 0 Å². The first-order valence-electron chi connectivity index (χ1n) is 5.89. The Bertz CT molecular complexity index is 342. The highest BCUT2D eigenvalue weighted by Gasteiger charge is 2.25. The van der Waals surface area contributed by atoms with Crippen LogP contribution >= 0.6 is 11.6 Å². The summed E-state index contributed by atoms with van der Waals surface area (Å²) < 4.78 is 6.00. The van der Waals surface area contributed by atoms with Crippen LogP contribution in [0.4, 0.5) is 0 Å². The minimum Gasteiger partial charge on any atom is -0.487 e. The van der Waals surface area contributed by atoms with Crippen molar-refractivity contribution in [3.63, 3.8) is 0 Å². The number of halogens is 1. The van der Waals surface area contributed by atoms with E-state index < -0.39 is 0 Å². The van der Waals surface area contributed by atoms with Crippen LogP contribution in [0.15, 0.2) is 24.3 Å². The highest BCUT2D eigenvalue weighted by atomic mass is 35.5. The van der Waals surface area contributed by atoms with Crippen molar-refractivity contribution >= 4 is 11.6 Å². The molecule has 0 aromatic heterocycles. The largest absolute Gasteiger partial charge is 0.487 e. The number of para-hydroxylation sites is 1. The third-order valence-electron chi connectivity index (χ3n) is 3.19. The molecule has 2 rings (SSSR count). The zero-order valence-corrected chi connectivity index (χ0v) is 10.3. The van der Waals surface area contributed by atoms with Crippen LogP contribution in [0.5, 0.6) is 5.75 Å². The number of hydrogen-bond donors (Lipinski definition) is 1. The third-order valence-corrected chi connectivity index (χ3v) is 3.50. The van der Waals surface area contributed by atoms with Gasteiger partial charge in [-0.15, -0.1) is 0 Å². The molecule has 0 amide bonds. The van der Waals surface area contributed by atoms with Crippen LogP contribution in [0.25, 0.3) is 0 Å². The van der Waals surface area contributed by atoms with E-state index in [9.17, 15) is 0 Å². The molecular formula is C13H18ClNO. The summed E-state index contributed by atoms with van der Waals surface area (Å²) in [6, 6.07) is 8.13. The minimum atomic E-state index is 0.249. The molecule has 0 radical (unpaired) electrons. The molecule has 0 bridgehead atoms. The second kappa shape index (κ2) is 5.55. The summed E-state index contributed by atoms with van der Waals surface area (Å²) in [7, 11) is 2.00. The first-order valence-corrected chi connectivity index (χ1v) is 6.27. The maximum atomic E-state index is 6.09. The summed E-state index contributed by atoms with van der Waals surface area (Å²) in [6.07, 6.45) is 5.07. The van der Waals surface area contributed by atoms with E-state index in [1.807, 2.05) is 31.3 Å². The van der Waals surface area contributed by atoms with Gasteiger partial charge in [0.2, 0.25) is 0 Å². The highest BCUT2D eigenvalue weighted by molar-refractivity contribution is 6.32. The molecule has 3 heteroatoms. The molecule has 1 saturated carbocycles. The van der Waals surface area contributed by atoms with Gasteiger partial charge in [-0.1, -0.05) is 30.2 Å². The molecule has 2 unspecified atom stereocenters. The van der Waals surface area contributed by atoms with Crippen molar-refractivity contribution in [2.45, 2.75) is 37.8 Å². The van der Waals surface area contributed by atoms with Gasteiger partial charge in [-0.05, 0) is 38.4 Å². The molecule has 2 atom stereocenters. The van der Waals surface area contributed by atoms with Gasteiger partial charge in [0.1, 0.15) is 11.9 Å². The Balaban J connectivity index is 2.05. The number of likely N-dealkylation sites (N-methyl/N-ethyl adjacent to an activating group) is 1. The number of rotatable bonds is 3. The van der Waals surface area contributed by atoms with Crippen molar-refractivity contribution in [2.75, 3.05) is 7.05 Å². The van der Waals surface area contributed by atoms with Crippen molar-refractivity contribution in [3.05, 3.63) is 29.3 Å². The van der Waals surface area contributed by atoms with Gasteiger partial charge in [-0.25, -0.2) is 0 Å². The number of benzene rings is 1. The molecule has 1 fully saturated rings. The van der Waals surface area contributed by atoms with Crippen molar-refractivity contribution in [1.29, 1.82) is 0 Å². The van der Waals surface area contributed by atoms with Gasteiger partial charge in [0.05, 0.1) is 5.02 Å². The fourth-order valence-corrected chi connectivity index (χ4v) is 2.45. The average Bonchev–Trinajstić information content (AvgIpc) is 2.33. The molecule has 0 aliphatic heterocycles. The Morgan fingerprint density at radius 3 is 2.75 bits per heavy atom. The van der Waals surface area contributed by atoms with Crippen molar-refractivity contribution < 1.29 is 4.74 Å². The molecule has 2 nitrogen and oxygen atoms in total. The van der Waals surface area contributed by atoms with E-state index in [-0.39, 0.29) is 6.10 Å². The molecule has 1 N–H and O–H groups in total. The maximum Gasteiger partial charge on any atom is 0.138 e. The summed E-state index contributed by atoms with van der Waals surface area (Å²) in [4.78, 5) is 0. The highest BCUT2D eigenvalue weighted by Crippen LogP contribution is 2.28. The summed E-state index contributed by atoms with van der Waals surface area (Å²) in [5.41, 5.74) is 0. The molecule has 1 aromatic carbocycles. The van der Waals surface area contributed by atoms with Crippen LogP contribution in [0, 0.1) is 0 Å². The molecule has 16 heavy (non-hydrogen) atoms. The van der Waals surface area contributed by atoms with E-state index >= 15 is 0 Å². The van der Waals surface area contributed by atoms with Crippen LogP contribution in [-0.2, 0) is 0 Å². The van der Waals surface area contributed by atoms with Gasteiger partial charge in [-0.3, -0.25) is 0 Å². The number of ether oxygens (including phenoxy) is 1. The molecule has 0 saturated heterocycles. The van der Waals surface area contributed by atoms with Crippen molar-refractivity contribution in [2.24, 2.45) is 0 Å². The first kappa shape index (κ1) is 11.7. The molecule has 88 valence electrons. The van der Waals surface area contributed by atoms with Gasteiger partial charge >= 0.3 is 0 Å². The standard InChI is InChI=1S/C13H18ClNO/c1-15-11-7-3-5-9-13(11)16-12-8-4-2-6-10(12)14/h2,4,6,8,11,13,15H,3,5,7,9H2,1H3. The summed E-state index contributed by atoms with van der Waals surface area (Å²) >= 11 is 6.09. The predicted octanol–water partition coefficient (Wildman–Crippen LogP) is 3.25. The summed E-state index contributed by atoms with van der Waals surface area (Å²) in [6.45, 7) is 0. The average molecular weight is 240 g/mol. The van der Waals surface area contributed by atoms with Crippen LogP contribution < -0.4 is 10.1 Å². The number of hydrogen-bond acceptors (Lipinski definition) is 2. The van der Waals surface area contributed by atoms with E-state index in [2.05, 4.69) is 5.32 Å². The van der Waals surface area contributed by atoms with Gasteiger partial charge in [0.25, 0.3) is 0 Å². The minimum absolute atomic E-state index is 0.249. The lowest BCUT2D eigenvalue weighted by molar-refractivity contribution is 0.118. The van der Waals surface area contributed by atoms with Gasteiger partial charge in [-0.2, -0.15) is 0 Å². The molecule has 1 aliphatic rings. The molecular weight excluding hydrogens is 222 g/mol. The molecule has 0 heterocycles. The molecule has 1 aromatic rings. The second-order valence-corrected chi connectivity index (χ2v) is 4.67. The molecule has 0 spiro atoms. The third kappa shape index (κ3) is 2.69. The Kier molecular flexibility index (Phi) is 4.08. The van der Waals surface area contributed by atoms with Crippen molar-refractivity contribution in [3.8, 4) is 5.75 Å². The fraction of sp³-hybridized carbons (Fsp3) is 0.538. The first-order chi connectivity index (χ1) is 7.81. The topological polar surface area (TPSA) is 21.3 Å². The quantitative estimate of drug-likeness (QED) is 0.875. The van der Waals surface area contributed by atoms with Gasteiger partial charge in [0, 0.05) is 6.04 Å². The smallest absolute Gasteiger partial charge is 0.138 e. The summed E-state index contributed by atoms with van der Waals surface area (Å²) in [5.74, 6) is 0.802. The van der Waals surface area contributed by atoms with Crippen molar-refractivity contribution in [1.82, 2.24) is 5.32 Å². The van der Waals surface area contributed by atoms with Gasteiger partial charge < -0.3 is 10.1 Å². The van der Waals surface area contributed by atoms with Crippen LogP contribution in [0.2, 0.25) is 5.02 Å². The van der Waals surface area contributed by atoms with E-state index in [1.165, 1.54) is 19.3 Å². The zero-order chi connectivity index (χ0) is 11.4. The zero-order valence-electron chi connectivity index (χ0n) is 9.58. The lowest BCUT2D eigenvalue weighted by Gasteiger charge is -2.31. The monoisotopic (exact) mass is 239 g/mol. The Morgan fingerprint density at radius 1 is 1.25 bits per heavy atom. The van der Waals surface area contributed by atoms with E-state index in [0.717, 1.165) is 12.2 Å². The normalized spacial score (nSPS) is 25.4. The van der Waals surface area contributed by atoms with Crippen LogP contribution in [0.3, 0.4) is 0 Å². The maximum absolute atomic E-state index is 6.09. The molecule has 1 aliphatic carbocycles. The van der Waals surface area contributed by atoms with Crippen LogP contribution in [-0.4, -0.2) is 19.2 Å². The van der Waals surface area contributed by atoms with Crippen LogP contribution in [0.1, 0.15) is 25.7 Å². The van der Waals surface area contributed by atoms with E-state index in [0.29, 0.717) is 11.1 Å².